The van der Waals surface area contributed by atoms with Gasteiger partial charge >= 0.3 is 0 Å². The quantitative estimate of drug-likeness (QED) is 0.510. The molecule has 104 valence electrons. The van der Waals surface area contributed by atoms with E-state index in [-0.39, 0.29) is 11.3 Å². The second kappa shape index (κ2) is 5.84. The first-order chi connectivity index (χ1) is 10.0. The number of phenols is 2. The van der Waals surface area contributed by atoms with Crippen LogP contribution in [0.5, 0.6) is 11.5 Å². The summed E-state index contributed by atoms with van der Waals surface area (Å²) in [6, 6.07) is 8.02. The van der Waals surface area contributed by atoms with Crippen molar-refractivity contribution in [3.05, 3.63) is 52.2 Å². The smallest absolute Gasteiger partial charge is 0.187 e. The fourth-order valence-corrected chi connectivity index (χ4v) is 1.74. The highest BCUT2D eigenvalue weighted by Crippen LogP contribution is 2.37. The van der Waals surface area contributed by atoms with Crippen LogP contribution in [-0.2, 0) is 0 Å². The zero-order valence-electron chi connectivity index (χ0n) is 11.1. The Balaban J connectivity index is 2.50. The molecule has 0 unspecified atom stereocenters. The number of aryl methyl sites for hydroxylation is 1. The molecular formula is C15H11N3O3. The number of nitrogens with zero attached hydrogens (tertiary/aromatic N) is 3. The average molecular weight is 281 g/mol. The molecule has 21 heavy (non-hydrogen) atoms. The Labute approximate surface area is 120 Å². The molecule has 0 saturated carbocycles. The van der Waals surface area contributed by atoms with E-state index in [1.54, 1.807) is 12.3 Å². The topological polar surface area (TPSA) is 107 Å². The van der Waals surface area contributed by atoms with Crippen molar-refractivity contribution in [1.82, 2.24) is 4.98 Å². The molecule has 1 aromatic carbocycles. The minimum absolute atomic E-state index is 0.261. The lowest BCUT2D eigenvalue weighted by Crippen LogP contribution is -1.88. The highest BCUT2D eigenvalue weighted by atomic mass is 16.3. The molecule has 0 spiro atoms. The van der Waals surface area contributed by atoms with Crippen molar-refractivity contribution >= 4 is 17.3 Å². The molecule has 0 amide bonds. The molecule has 0 atom stereocenters. The summed E-state index contributed by atoms with van der Waals surface area (Å²) in [5.74, 6) is -1.07. The number of pyridine rings is 1. The standard InChI is InChI=1S/C15H11N3O3/c1-9-2-3-12(17-8-9)11(7-16)4-10-5-13(18-21)15(20)14(19)6-10/h2-6,8,19-20H,1H3/b11-4+. The van der Waals surface area contributed by atoms with Gasteiger partial charge in [-0.15, -0.1) is 4.91 Å². The molecule has 0 aliphatic carbocycles. The van der Waals surface area contributed by atoms with E-state index >= 15 is 0 Å². The van der Waals surface area contributed by atoms with Crippen LogP contribution < -0.4 is 0 Å². The van der Waals surface area contributed by atoms with Gasteiger partial charge in [0.1, 0.15) is 6.07 Å². The average Bonchev–Trinajstić information content (AvgIpc) is 2.49. The summed E-state index contributed by atoms with van der Waals surface area (Å²) in [5.41, 5.74) is 1.76. The van der Waals surface area contributed by atoms with Crippen LogP contribution in [0.3, 0.4) is 0 Å². The fourth-order valence-electron chi connectivity index (χ4n) is 1.74. The molecule has 6 heteroatoms. The monoisotopic (exact) mass is 281 g/mol. The van der Waals surface area contributed by atoms with E-state index < -0.39 is 11.5 Å². The van der Waals surface area contributed by atoms with Gasteiger partial charge in [0, 0.05) is 6.20 Å². The van der Waals surface area contributed by atoms with Gasteiger partial charge in [0.15, 0.2) is 17.2 Å². The molecule has 2 aromatic rings. The maximum absolute atomic E-state index is 10.6. The van der Waals surface area contributed by atoms with Gasteiger partial charge in [0.25, 0.3) is 0 Å². The highest BCUT2D eigenvalue weighted by Gasteiger charge is 2.10. The molecule has 0 fully saturated rings. The van der Waals surface area contributed by atoms with E-state index in [1.165, 1.54) is 18.2 Å². The lowest BCUT2D eigenvalue weighted by atomic mass is 10.1. The van der Waals surface area contributed by atoms with Crippen molar-refractivity contribution in [2.24, 2.45) is 5.18 Å². The van der Waals surface area contributed by atoms with Crippen LogP contribution in [0.25, 0.3) is 11.6 Å². The maximum atomic E-state index is 10.6. The number of rotatable bonds is 3. The third-order valence-electron chi connectivity index (χ3n) is 2.81. The summed E-state index contributed by atoms with van der Waals surface area (Å²) in [6.45, 7) is 1.88. The number of aromatic hydroxyl groups is 2. The second-order valence-corrected chi connectivity index (χ2v) is 4.39. The Morgan fingerprint density at radius 3 is 2.71 bits per heavy atom. The van der Waals surface area contributed by atoms with Gasteiger partial charge in [-0.2, -0.15) is 5.26 Å². The number of phenolic OH excluding ortho intramolecular Hbond substituents is 2. The van der Waals surface area contributed by atoms with Crippen molar-refractivity contribution in [3.63, 3.8) is 0 Å². The molecule has 0 aliphatic rings. The number of allylic oxidation sites excluding steroid dienone is 1. The van der Waals surface area contributed by atoms with Crippen LogP contribution in [0, 0.1) is 23.2 Å². The van der Waals surface area contributed by atoms with Crippen molar-refractivity contribution in [3.8, 4) is 17.6 Å². The summed E-state index contributed by atoms with van der Waals surface area (Å²) in [4.78, 5) is 14.7. The minimum atomic E-state index is -0.589. The van der Waals surface area contributed by atoms with Crippen molar-refractivity contribution < 1.29 is 10.2 Å². The second-order valence-electron chi connectivity index (χ2n) is 4.39. The van der Waals surface area contributed by atoms with Crippen LogP contribution in [0.1, 0.15) is 16.8 Å². The fraction of sp³-hybridized carbons (Fsp3) is 0.0667. The van der Waals surface area contributed by atoms with Gasteiger partial charge in [-0.3, -0.25) is 4.98 Å². The van der Waals surface area contributed by atoms with E-state index in [9.17, 15) is 20.4 Å². The third-order valence-corrected chi connectivity index (χ3v) is 2.81. The predicted molar refractivity (Wildman–Crippen MR) is 77.7 cm³/mol. The Morgan fingerprint density at radius 1 is 1.38 bits per heavy atom. The maximum Gasteiger partial charge on any atom is 0.187 e. The third kappa shape index (κ3) is 3.04. The van der Waals surface area contributed by atoms with E-state index in [0.29, 0.717) is 11.3 Å². The van der Waals surface area contributed by atoms with E-state index in [0.717, 1.165) is 5.56 Å². The van der Waals surface area contributed by atoms with E-state index in [2.05, 4.69) is 10.2 Å². The van der Waals surface area contributed by atoms with E-state index in [4.69, 9.17) is 0 Å². The van der Waals surface area contributed by atoms with Crippen LogP contribution in [0.4, 0.5) is 5.69 Å². The highest BCUT2D eigenvalue weighted by molar-refractivity contribution is 5.89. The van der Waals surface area contributed by atoms with Crippen molar-refractivity contribution in [1.29, 1.82) is 5.26 Å². The Morgan fingerprint density at radius 2 is 2.14 bits per heavy atom. The molecule has 1 aromatic heterocycles. The first-order valence-electron chi connectivity index (χ1n) is 5.99. The SMILES string of the molecule is Cc1ccc(/C(C#N)=C/c2cc(O)c(O)c(N=O)c2)nc1. The summed E-state index contributed by atoms with van der Waals surface area (Å²) in [7, 11) is 0. The van der Waals surface area contributed by atoms with Crippen molar-refractivity contribution in [2.75, 3.05) is 0 Å². The van der Waals surface area contributed by atoms with Gasteiger partial charge in [-0.1, -0.05) is 6.07 Å². The van der Waals surface area contributed by atoms with Crippen LogP contribution in [0.15, 0.2) is 35.6 Å². The molecule has 2 rings (SSSR count). The van der Waals surface area contributed by atoms with Crippen LogP contribution >= 0.6 is 0 Å². The Bertz CT molecular complexity index is 759. The summed E-state index contributed by atoms with van der Waals surface area (Å²) < 4.78 is 0. The zero-order chi connectivity index (χ0) is 15.4. The predicted octanol–water partition coefficient (Wildman–Crippen LogP) is 3.26. The number of aromatic nitrogens is 1. The lowest BCUT2D eigenvalue weighted by Gasteiger charge is -2.03. The molecule has 0 radical (unpaired) electrons. The van der Waals surface area contributed by atoms with Gasteiger partial charge in [-0.25, -0.2) is 0 Å². The van der Waals surface area contributed by atoms with Crippen LogP contribution in [0.2, 0.25) is 0 Å². The number of hydrogen-bond donors (Lipinski definition) is 2. The van der Waals surface area contributed by atoms with Gasteiger partial charge < -0.3 is 10.2 Å². The largest absolute Gasteiger partial charge is 0.504 e. The molecule has 0 saturated heterocycles. The zero-order valence-corrected chi connectivity index (χ0v) is 11.1. The Kier molecular flexibility index (Phi) is 3.95. The number of nitroso groups, excluding NO2 is 1. The number of benzene rings is 1. The van der Waals surface area contributed by atoms with Crippen LogP contribution in [-0.4, -0.2) is 15.2 Å². The van der Waals surface area contributed by atoms with Gasteiger partial charge in [0.2, 0.25) is 0 Å². The molecule has 6 nitrogen and oxygen atoms in total. The molecule has 0 aliphatic heterocycles. The summed E-state index contributed by atoms with van der Waals surface area (Å²) >= 11 is 0. The minimum Gasteiger partial charge on any atom is -0.504 e. The first-order valence-corrected chi connectivity index (χ1v) is 5.99. The summed E-state index contributed by atoms with van der Waals surface area (Å²) in [6.07, 6.45) is 3.08. The Hall–Kier alpha value is -3.20. The molecule has 1 heterocycles. The van der Waals surface area contributed by atoms with E-state index in [1.807, 2.05) is 19.1 Å². The van der Waals surface area contributed by atoms with Crippen molar-refractivity contribution in [2.45, 2.75) is 6.92 Å². The molecular weight excluding hydrogens is 270 g/mol. The molecule has 0 bridgehead atoms. The number of nitriles is 1. The normalized spacial score (nSPS) is 11.0. The first kappa shape index (κ1) is 14.2. The lowest BCUT2D eigenvalue weighted by molar-refractivity contribution is 0.405. The van der Waals surface area contributed by atoms with Gasteiger partial charge in [-0.05, 0) is 47.5 Å². The molecule has 2 N–H and O–H groups in total. The number of hydrogen-bond acceptors (Lipinski definition) is 6. The van der Waals surface area contributed by atoms with Gasteiger partial charge in [0.05, 0.1) is 11.3 Å². The summed E-state index contributed by atoms with van der Waals surface area (Å²) in [5, 5.41) is 30.8.